The molecule has 1 aliphatic rings. The number of nitrogens with zero attached hydrogens (tertiary/aromatic N) is 5. The Morgan fingerprint density at radius 1 is 1.15 bits per heavy atom. The van der Waals surface area contributed by atoms with Crippen LogP contribution in [0.15, 0.2) is 12.3 Å². The molecule has 0 bridgehead atoms. The van der Waals surface area contributed by atoms with E-state index in [9.17, 15) is 4.79 Å². The molecule has 7 nitrogen and oxygen atoms in total. The summed E-state index contributed by atoms with van der Waals surface area (Å²) >= 11 is 0. The SMILES string of the molecule is CN(C)CCCN(CCCN(C)C)C(=O)c1ccn(C2CCCNC2)n1. The Balaban J connectivity index is 1.97. The van der Waals surface area contributed by atoms with E-state index >= 15 is 0 Å². The van der Waals surface area contributed by atoms with E-state index < -0.39 is 0 Å². The third-order valence-corrected chi connectivity index (χ3v) is 4.83. The van der Waals surface area contributed by atoms with Gasteiger partial charge in [-0.1, -0.05) is 0 Å². The van der Waals surface area contributed by atoms with Gasteiger partial charge in [-0.3, -0.25) is 9.48 Å². The Labute approximate surface area is 158 Å². The third kappa shape index (κ3) is 6.70. The molecule has 1 N–H and O–H groups in total. The lowest BCUT2D eigenvalue weighted by atomic mass is 10.1. The number of aromatic nitrogens is 2. The number of carbonyl (C=O) groups excluding carboxylic acids is 1. The van der Waals surface area contributed by atoms with Gasteiger partial charge in [-0.2, -0.15) is 5.10 Å². The fourth-order valence-electron chi connectivity index (χ4n) is 3.35. The lowest BCUT2D eigenvalue weighted by molar-refractivity contribution is 0.0737. The highest BCUT2D eigenvalue weighted by Gasteiger charge is 2.21. The first-order valence-electron chi connectivity index (χ1n) is 9.82. The van der Waals surface area contributed by atoms with Crippen LogP contribution in [0, 0.1) is 0 Å². The number of nitrogens with one attached hydrogen (secondary N) is 1. The van der Waals surface area contributed by atoms with E-state index in [1.54, 1.807) is 0 Å². The van der Waals surface area contributed by atoms with Gasteiger partial charge in [0.15, 0.2) is 0 Å². The third-order valence-electron chi connectivity index (χ3n) is 4.83. The Hall–Kier alpha value is -1.44. The molecular weight excluding hydrogens is 328 g/mol. The van der Waals surface area contributed by atoms with Gasteiger partial charge in [-0.15, -0.1) is 0 Å². The van der Waals surface area contributed by atoms with Gasteiger partial charge in [-0.05, 0) is 79.6 Å². The fraction of sp³-hybridized carbons (Fsp3) is 0.789. The monoisotopic (exact) mass is 364 g/mol. The zero-order chi connectivity index (χ0) is 18.9. The van der Waals surface area contributed by atoms with Gasteiger partial charge in [-0.25, -0.2) is 0 Å². The van der Waals surface area contributed by atoms with Crippen molar-refractivity contribution < 1.29 is 4.79 Å². The van der Waals surface area contributed by atoms with Gasteiger partial charge < -0.3 is 20.0 Å². The van der Waals surface area contributed by atoms with Gasteiger partial charge in [0.2, 0.25) is 0 Å². The van der Waals surface area contributed by atoms with E-state index in [0.717, 1.165) is 65.0 Å². The highest BCUT2D eigenvalue weighted by Crippen LogP contribution is 2.16. The molecule has 1 amide bonds. The minimum atomic E-state index is 0.0602. The lowest BCUT2D eigenvalue weighted by Gasteiger charge is -2.24. The zero-order valence-corrected chi connectivity index (χ0v) is 16.9. The van der Waals surface area contributed by atoms with Gasteiger partial charge in [0, 0.05) is 25.8 Å². The van der Waals surface area contributed by atoms with Crippen LogP contribution < -0.4 is 5.32 Å². The molecule has 1 unspecified atom stereocenters. The van der Waals surface area contributed by atoms with Crippen molar-refractivity contribution in [2.24, 2.45) is 0 Å². The number of rotatable bonds is 10. The summed E-state index contributed by atoms with van der Waals surface area (Å²) in [4.78, 5) is 19.3. The van der Waals surface area contributed by atoms with Crippen LogP contribution >= 0.6 is 0 Å². The molecular formula is C19H36N6O. The average molecular weight is 365 g/mol. The van der Waals surface area contributed by atoms with E-state index in [2.05, 4.69) is 48.4 Å². The molecule has 1 saturated heterocycles. The minimum absolute atomic E-state index is 0.0602. The van der Waals surface area contributed by atoms with Crippen molar-refractivity contribution in [2.45, 2.75) is 31.7 Å². The van der Waals surface area contributed by atoms with Crippen LogP contribution in [0.3, 0.4) is 0 Å². The first-order chi connectivity index (χ1) is 12.5. The maximum Gasteiger partial charge on any atom is 0.274 e. The minimum Gasteiger partial charge on any atom is -0.337 e. The molecule has 7 heteroatoms. The van der Waals surface area contributed by atoms with Crippen molar-refractivity contribution in [2.75, 3.05) is 67.5 Å². The molecule has 0 spiro atoms. The Morgan fingerprint density at radius 3 is 2.35 bits per heavy atom. The summed E-state index contributed by atoms with van der Waals surface area (Å²) in [5.41, 5.74) is 0.574. The van der Waals surface area contributed by atoms with Gasteiger partial charge in [0.05, 0.1) is 6.04 Å². The van der Waals surface area contributed by atoms with Gasteiger partial charge in [0.1, 0.15) is 5.69 Å². The predicted molar refractivity (Wildman–Crippen MR) is 106 cm³/mol. The summed E-state index contributed by atoms with van der Waals surface area (Å²) < 4.78 is 1.97. The quantitative estimate of drug-likeness (QED) is 0.675. The summed E-state index contributed by atoms with van der Waals surface area (Å²) in [6.45, 7) is 5.55. The number of piperidine rings is 1. The molecule has 0 saturated carbocycles. The summed E-state index contributed by atoms with van der Waals surface area (Å²) in [5.74, 6) is 0.0602. The topological polar surface area (TPSA) is 56.6 Å². The van der Waals surface area contributed by atoms with E-state index in [1.807, 2.05) is 21.8 Å². The molecule has 1 fully saturated rings. The van der Waals surface area contributed by atoms with Crippen molar-refractivity contribution in [1.82, 2.24) is 29.8 Å². The van der Waals surface area contributed by atoms with E-state index in [-0.39, 0.29) is 5.91 Å². The summed E-state index contributed by atoms with van der Waals surface area (Å²) in [5, 5.41) is 8.01. The summed E-state index contributed by atoms with van der Waals surface area (Å²) in [6, 6.07) is 2.24. The fourth-order valence-corrected chi connectivity index (χ4v) is 3.35. The highest BCUT2D eigenvalue weighted by molar-refractivity contribution is 5.92. The second kappa shape index (κ2) is 10.6. The molecule has 0 aromatic carbocycles. The zero-order valence-electron chi connectivity index (χ0n) is 16.9. The first-order valence-corrected chi connectivity index (χ1v) is 9.82. The van der Waals surface area contributed by atoms with Crippen LogP contribution in [-0.2, 0) is 0 Å². The largest absolute Gasteiger partial charge is 0.337 e. The van der Waals surface area contributed by atoms with E-state index in [0.29, 0.717) is 11.7 Å². The van der Waals surface area contributed by atoms with E-state index in [4.69, 9.17) is 0 Å². The molecule has 1 aromatic heterocycles. The van der Waals surface area contributed by atoms with Crippen LogP contribution in [0.5, 0.6) is 0 Å². The van der Waals surface area contributed by atoms with Gasteiger partial charge in [0.25, 0.3) is 5.91 Å². The molecule has 2 heterocycles. The summed E-state index contributed by atoms with van der Waals surface area (Å²) in [7, 11) is 8.27. The van der Waals surface area contributed by atoms with Crippen LogP contribution in [0.4, 0.5) is 0 Å². The molecule has 1 aromatic rings. The van der Waals surface area contributed by atoms with Crippen molar-refractivity contribution in [3.8, 4) is 0 Å². The van der Waals surface area contributed by atoms with Gasteiger partial charge >= 0.3 is 0 Å². The van der Waals surface area contributed by atoms with Crippen LogP contribution in [0.2, 0.25) is 0 Å². The first kappa shape index (κ1) is 20.9. The van der Waals surface area contributed by atoms with Crippen molar-refractivity contribution in [3.05, 3.63) is 18.0 Å². The normalized spacial score (nSPS) is 17.8. The number of hydrogen-bond acceptors (Lipinski definition) is 5. The Morgan fingerprint density at radius 2 is 1.81 bits per heavy atom. The maximum atomic E-state index is 13.0. The summed E-state index contributed by atoms with van der Waals surface area (Å²) in [6.07, 6.45) is 6.21. The molecule has 1 aliphatic heterocycles. The predicted octanol–water partition coefficient (Wildman–Crippen LogP) is 1.15. The number of carbonyl (C=O) groups is 1. The lowest BCUT2D eigenvalue weighted by Crippen LogP contribution is -2.36. The van der Waals surface area contributed by atoms with Crippen LogP contribution in [0.25, 0.3) is 0 Å². The van der Waals surface area contributed by atoms with Crippen LogP contribution in [-0.4, -0.2) is 97.8 Å². The van der Waals surface area contributed by atoms with Crippen molar-refractivity contribution >= 4 is 5.91 Å². The maximum absolute atomic E-state index is 13.0. The smallest absolute Gasteiger partial charge is 0.274 e. The molecule has 148 valence electrons. The Kier molecular flexibility index (Phi) is 8.54. The average Bonchev–Trinajstić information content (AvgIpc) is 3.10. The Bertz CT molecular complexity index is 522. The van der Waals surface area contributed by atoms with Crippen LogP contribution in [0.1, 0.15) is 42.2 Å². The molecule has 2 rings (SSSR count). The number of amides is 1. The second-order valence-electron chi connectivity index (χ2n) is 7.79. The molecule has 0 radical (unpaired) electrons. The molecule has 0 aliphatic carbocycles. The van der Waals surface area contributed by atoms with Crippen molar-refractivity contribution in [3.63, 3.8) is 0 Å². The second-order valence-corrected chi connectivity index (χ2v) is 7.79. The molecule has 1 atom stereocenters. The van der Waals surface area contributed by atoms with E-state index in [1.165, 1.54) is 0 Å². The number of hydrogen-bond donors (Lipinski definition) is 1. The standard InChI is InChI=1S/C19H36N6O/c1-22(2)11-6-13-24(14-7-12-23(3)4)19(26)18-9-15-25(21-18)17-8-5-10-20-16-17/h9,15,17,20H,5-8,10-14,16H2,1-4H3. The highest BCUT2D eigenvalue weighted by atomic mass is 16.2. The molecule has 26 heavy (non-hydrogen) atoms. The van der Waals surface area contributed by atoms with Crippen molar-refractivity contribution in [1.29, 1.82) is 0 Å².